The number of pyridine rings is 1. The van der Waals surface area contributed by atoms with E-state index >= 15 is 0 Å². The van der Waals surface area contributed by atoms with Crippen LogP contribution in [0.5, 0.6) is 0 Å². The van der Waals surface area contributed by atoms with E-state index in [1.807, 2.05) is 36.4 Å². The molecule has 0 aliphatic carbocycles. The molecule has 0 radical (unpaired) electrons. The number of hydrogen-bond donors (Lipinski definition) is 1. The lowest BCUT2D eigenvalue weighted by Crippen LogP contribution is -2.36. The van der Waals surface area contributed by atoms with Crippen LogP contribution in [0.25, 0.3) is 10.8 Å². The van der Waals surface area contributed by atoms with Gasteiger partial charge in [0.2, 0.25) is 11.8 Å². The molecular weight excluding hydrogens is 370 g/mol. The molecule has 1 aliphatic rings. The lowest BCUT2D eigenvalue weighted by atomic mass is 10.1. The van der Waals surface area contributed by atoms with Gasteiger partial charge in [0.05, 0.1) is 36.3 Å². The molecule has 1 aliphatic heterocycles. The molecule has 0 spiro atoms. The number of nitrogens with one attached hydrogen (secondary N) is 1. The number of fused-ring (bicyclic) bond motifs is 1. The molecular formula is C21H21N5O3. The maximum Gasteiger partial charge on any atom is 0.274 e. The van der Waals surface area contributed by atoms with Crippen molar-refractivity contribution in [2.24, 2.45) is 5.92 Å². The number of benzene rings is 1. The van der Waals surface area contributed by atoms with Crippen LogP contribution >= 0.6 is 0 Å². The summed E-state index contributed by atoms with van der Waals surface area (Å²) in [6, 6.07) is 12.8. The summed E-state index contributed by atoms with van der Waals surface area (Å²) in [4.78, 5) is 43.0. The standard InChI is InChI=1S/C21H21N5O3/c27-19-11-16(13-25(19)14-17-6-3-4-8-22-17)20(28)23-9-10-26-21(29)18-7-2-1-5-15(18)12-24-26/h1-8,12,16H,9-11,13-14H2,(H,23,28). The first-order valence-electron chi connectivity index (χ1n) is 9.52. The number of rotatable bonds is 6. The van der Waals surface area contributed by atoms with Gasteiger partial charge in [-0.2, -0.15) is 5.10 Å². The van der Waals surface area contributed by atoms with Crippen LogP contribution < -0.4 is 10.9 Å². The molecule has 3 heterocycles. The second-order valence-electron chi connectivity index (χ2n) is 7.05. The third-order valence-electron chi connectivity index (χ3n) is 5.05. The highest BCUT2D eigenvalue weighted by Crippen LogP contribution is 2.19. The number of amides is 2. The number of hydrogen-bond acceptors (Lipinski definition) is 5. The molecule has 148 valence electrons. The molecule has 0 saturated carbocycles. The number of nitrogens with zero attached hydrogens (tertiary/aromatic N) is 4. The highest BCUT2D eigenvalue weighted by Gasteiger charge is 2.34. The molecule has 2 aromatic heterocycles. The van der Waals surface area contributed by atoms with E-state index in [0.717, 1.165) is 11.1 Å². The molecule has 4 rings (SSSR count). The Morgan fingerprint density at radius 3 is 2.79 bits per heavy atom. The quantitative estimate of drug-likeness (QED) is 0.675. The minimum absolute atomic E-state index is 0.0526. The van der Waals surface area contributed by atoms with E-state index in [-0.39, 0.29) is 36.9 Å². The van der Waals surface area contributed by atoms with Gasteiger partial charge in [0, 0.05) is 31.1 Å². The van der Waals surface area contributed by atoms with Gasteiger partial charge in [0.25, 0.3) is 5.56 Å². The molecule has 3 aromatic rings. The van der Waals surface area contributed by atoms with Crippen molar-refractivity contribution in [1.82, 2.24) is 25.0 Å². The maximum atomic E-state index is 12.5. The van der Waals surface area contributed by atoms with E-state index in [0.29, 0.717) is 18.5 Å². The number of aromatic nitrogens is 3. The zero-order chi connectivity index (χ0) is 20.2. The van der Waals surface area contributed by atoms with Crippen molar-refractivity contribution in [3.8, 4) is 0 Å². The number of likely N-dealkylation sites (tertiary alicyclic amines) is 1. The van der Waals surface area contributed by atoms with Crippen molar-refractivity contribution in [1.29, 1.82) is 0 Å². The van der Waals surface area contributed by atoms with Gasteiger partial charge in [-0.05, 0) is 18.2 Å². The van der Waals surface area contributed by atoms with E-state index in [4.69, 9.17) is 0 Å². The fraction of sp³-hybridized carbons (Fsp3) is 0.286. The average molecular weight is 391 g/mol. The van der Waals surface area contributed by atoms with Crippen LogP contribution in [-0.4, -0.2) is 44.6 Å². The highest BCUT2D eigenvalue weighted by molar-refractivity contribution is 5.89. The molecule has 8 heteroatoms. The molecule has 1 aromatic carbocycles. The Morgan fingerprint density at radius 2 is 1.97 bits per heavy atom. The van der Waals surface area contributed by atoms with Gasteiger partial charge in [-0.15, -0.1) is 0 Å². The minimum atomic E-state index is -0.396. The van der Waals surface area contributed by atoms with Crippen molar-refractivity contribution < 1.29 is 9.59 Å². The van der Waals surface area contributed by atoms with Gasteiger partial charge in [0.1, 0.15) is 0 Å². The third-order valence-corrected chi connectivity index (χ3v) is 5.05. The molecule has 1 N–H and O–H groups in total. The fourth-order valence-electron chi connectivity index (χ4n) is 3.50. The van der Waals surface area contributed by atoms with E-state index in [9.17, 15) is 14.4 Å². The van der Waals surface area contributed by atoms with E-state index in [1.165, 1.54) is 4.68 Å². The fourth-order valence-corrected chi connectivity index (χ4v) is 3.50. The lowest BCUT2D eigenvalue weighted by molar-refractivity contribution is -0.129. The molecule has 0 bridgehead atoms. The third kappa shape index (κ3) is 4.16. The second kappa shape index (κ2) is 8.22. The van der Waals surface area contributed by atoms with Crippen molar-refractivity contribution in [3.05, 3.63) is 70.9 Å². The van der Waals surface area contributed by atoms with Crippen LogP contribution in [0, 0.1) is 5.92 Å². The molecule has 8 nitrogen and oxygen atoms in total. The number of carbonyl (C=O) groups excluding carboxylic acids is 2. The summed E-state index contributed by atoms with van der Waals surface area (Å²) in [5.74, 6) is -0.633. The zero-order valence-electron chi connectivity index (χ0n) is 15.8. The summed E-state index contributed by atoms with van der Waals surface area (Å²) in [6.07, 6.45) is 3.51. The van der Waals surface area contributed by atoms with E-state index < -0.39 is 5.92 Å². The maximum absolute atomic E-state index is 12.5. The monoisotopic (exact) mass is 391 g/mol. The highest BCUT2D eigenvalue weighted by atomic mass is 16.2. The Balaban J connectivity index is 1.32. The van der Waals surface area contributed by atoms with Crippen molar-refractivity contribution in [2.45, 2.75) is 19.5 Å². The smallest absolute Gasteiger partial charge is 0.274 e. The first-order chi connectivity index (χ1) is 14.1. The Labute approximate surface area is 167 Å². The van der Waals surface area contributed by atoms with Gasteiger partial charge in [0.15, 0.2) is 0 Å². The van der Waals surface area contributed by atoms with Crippen LogP contribution in [0.2, 0.25) is 0 Å². The van der Waals surface area contributed by atoms with Gasteiger partial charge < -0.3 is 10.2 Å². The summed E-state index contributed by atoms with van der Waals surface area (Å²) in [6.45, 7) is 1.32. The summed E-state index contributed by atoms with van der Waals surface area (Å²) in [5.41, 5.74) is 0.610. The molecule has 29 heavy (non-hydrogen) atoms. The largest absolute Gasteiger partial charge is 0.354 e. The van der Waals surface area contributed by atoms with Crippen molar-refractivity contribution >= 4 is 22.6 Å². The zero-order valence-corrected chi connectivity index (χ0v) is 15.8. The Morgan fingerprint density at radius 1 is 1.14 bits per heavy atom. The van der Waals surface area contributed by atoms with Crippen molar-refractivity contribution in [2.75, 3.05) is 13.1 Å². The molecule has 1 fully saturated rings. The number of carbonyl (C=O) groups is 2. The van der Waals surface area contributed by atoms with Gasteiger partial charge in [-0.25, -0.2) is 4.68 Å². The summed E-state index contributed by atoms with van der Waals surface area (Å²) in [5, 5.41) is 8.36. The van der Waals surface area contributed by atoms with Crippen LogP contribution in [0.4, 0.5) is 0 Å². The Bertz CT molecular complexity index is 1100. The SMILES string of the molecule is O=C(NCCn1ncc2ccccc2c1=O)C1CC(=O)N(Cc2ccccn2)C1. The van der Waals surface area contributed by atoms with Gasteiger partial charge in [-0.3, -0.25) is 19.4 Å². The van der Waals surface area contributed by atoms with E-state index in [1.54, 1.807) is 23.4 Å². The van der Waals surface area contributed by atoms with Gasteiger partial charge in [-0.1, -0.05) is 24.3 Å². The minimum Gasteiger partial charge on any atom is -0.354 e. The van der Waals surface area contributed by atoms with Crippen LogP contribution in [0.15, 0.2) is 59.7 Å². The summed E-state index contributed by atoms with van der Waals surface area (Å²) >= 11 is 0. The molecule has 1 unspecified atom stereocenters. The Kier molecular flexibility index (Phi) is 5.33. The normalized spacial score (nSPS) is 16.3. The second-order valence-corrected chi connectivity index (χ2v) is 7.05. The van der Waals surface area contributed by atoms with Crippen LogP contribution in [-0.2, 0) is 22.7 Å². The molecule has 2 amide bonds. The van der Waals surface area contributed by atoms with Crippen LogP contribution in [0.3, 0.4) is 0 Å². The first-order valence-corrected chi connectivity index (χ1v) is 9.52. The average Bonchev–Trinajstić information content (AvgIpc) is 3.11. The predicted octanol–water partition coefficient (Wildman–Crippen LogP) is 0.956. The molecule has 1 atom stereocenters. The predicted molar refractivity (Wildman–Crippen MR) is 107 cm³/mol. The first kappa shape index (κ1) is 18.8. The topological polar surface area (TPSA) is 97.2 Å². The van der Waals surface area contributed by atoms with E-state index in [2.05, 4.69) is 15.4 Å². The van der Waals surface area contributed by atoms with Crippen molar-refractivity contribution in [3.63, 3.8) is 0 Å². The molecule has 1 saturated heterocycles. The summed E-state index contributed by atoms with van der Waals surface area (Å²) in [7, 11) is 0. The summed E-state index contributed by atoms with van der Waals surface area (Å²) < 4.78 is 1.34. The Hall–Kier alpha value is -3.55. The van der Waals surface area contributed by atoms with Gasteiger partial charge >= 0.3 is 0 Å². The van der Waals surface area contributed by atoms with Crippen LogP contribution in [0.1, 0.15) is 12.1 Å². The lowest BCUT2D eigenvalue weighted by Gasteiger charge is -2.16.